The molecule has 0 saturated carbocycles. The quantitative estimate of drug-likeness (QED) is 0.762. The lowest BCUT2D eigenvalue weighted by molar-refractivity contribution is -0.125. The Bertz CT molecular complexity index is 1170. The lowest BCUT2D eigenvalue weighted by atomic mass is 9.95. The Balaban J connectivity index is 1.67. The molecule has 0 aliphatic carbocycles. The second-order valence-corrected chi connectivity index (χ2v) is 12.1. The van der Waals surface area contributed by atoms with Crippen LogP contribution >= 0.6 is 0 Å². The molecule has 2 aliphatic heterocycles. The van der Waals surface area contributed by atoms with Crippen molar-refractivity contribution in [3.63, 3.8) is 0 Å². The summed E-state index contributed by atoms with van der Waals surface area (Å²) in [4.78, 5) is 13.2. The van der Waals surface area contributed by atoms with Crippen molar-refractivity contribution in [1.82, 2.24) is 9.62 Å². The summed E-state index contributed by atoms with van der Waals surface area (Å²) in [6, 6.07) is 12.6. The smallest absolute Gasteiger partial charge is 0.244 e. The normalized spacial score (nSPS) is 23.6. The number of nitrogens with zero attached hydrogens (tertiary/aromatic N) is 1. The number of amides is 1. The van der Waals surface area contributed by atoms with E-state index in [1.807, 2.05) is 31.2 Å². The number of benzene rings is 2. The van der Waals surface area contributed by atoms with E-state index in [9.17, 15) is 21.6 Å². The van der Waals surface area contributed by atoms with Crippen molar-refractivity contribution in [3.8, 4) is 0 Å². The van der Waals surface area contributed by atoms with E-state index in [4.69, 9.17) is 0 Å². The lowest BCUT2D eigenvalue weighted by Crippen LogP contribution is -2.54. The van der Waals surface area contributed by atoms with Crippen LogP contribution in [0.2, 0.25) is 0 Å². The number of fused-ring (bicyclic) bond motifs is 1. The van der Waals surface area contributed by atoms with Crippen LogP contribution in [-0.2, 0) is 37.6 Å². The Morgan fingerprint density at radius 3 is 2.37 bits per heavy atom. The molecule has 2 heterocycles. The van der Waals surface area contributed by atoms with Crippen LogP contribution in [-0.4, -0.2) is 50.6 Å². The zero-order valence-electron chi connectivity index (χ0n) is 16.6. The van der Waals surface area contributed by atoms with E-state index < -0.39 is 37.9 Å². The number of sulfonamides is 1. The number of carbonyl (C=O) groups is 1. The summed E-state index contributed by atoms with van der Waals surface area (Å²) in [6.45, 7) is 1.97. The van der Waals surface area contributed by atoms with Crippen LogP contribution in [0.5, 0.6) is 0 Å². The van der Waals surface area contributed by atoms with Gasteiger partial charge in [-0.3, -0.25) is 4.79 Å². The summed E-state index contributed by atoms with van der Waals surface area (Å²) in [5, 5.41) is 2.77. The summed E-state index contributed by atoms with van der Waals surface area (Å²) >= 11 is 0. The molecule has 2 aromatic carbocycles. The Labute approximate surface area is 177 Å². The summed E-state index contributed by atoms with van der Waals surface area (Å²) in [5.41, 5.74) is 2.72. The van der Waals surface area contributed by atoms with E-state index in [1.165, 1.54) is 4.31 Å². The molecule has 0 bridgehead atoms. The van der Waals surface area contributed by atoms with Crippen molar-refractivity contribution in [2.75, 3.05) is 11.5 Å². The molecule has 0 spiro atoms. The highest BCUT2D eigenvalue weighted by molar-refractivity contribution is 7.91. The first-order chi connectivity index (χ1) is 14.2. The molecule has 1 amide bonds. The number of hydrogen-bond donors (Lipinski definition) is 1. The molecule has 160 valence electrons. The SMILES string of the molecule is Cc1ccc(S(=O)(=O)N2Cc3ccccc3C[C@@H]2C(=O)N[C@@H]2CCS(=O)(=O)C2)cc1. The van der Waals surface area contributed by atoms with Gasteiger partial charge in [0.1, 0.15) is 6.04 Å². The zero-order valence-corrected chi connectivity index (χ0v) is 18.2. The zero-order chi connectivity index (χ0) is 21.5. The van der Waals surface area contributed by atoms with Crippen molar-refractivity contribution in [1.29, 1.82) is 0 Å². The monoisotopic (exact) mass is 448 g/mol. The summed E-state index contributed by atoms with van der Waals surface area (Å²) in [5.74, 6) is -0.522. The van der Waals surface area contributed by atoms with Crippen LogP contribution in [0.4, 0.5) is 0 Å². The van der Waals surface area contributed by atoms with Crippen LogP contribution in [0.25, 0.3) is 0 Å². The maximum Gasteiger partial charge on any atom is 0.244 e. The Morgan fingerprint density at radius 2 is 1.73 bits per heavy atom. The number of rotatable bonds is 4. The first-order valence-corrected chi connectivity index (χ1v) is 13.1. The first kappa shape index (κ1) is 21.0. The van der Waals surface area contributed by atoms with Crippen molar-refractivity contribution in [2.45, 2.75) is 43.3 Å². The van der Waals surface area contributed by atoms with Gasteiger partial charge in [-0.05, 0) is 43.0 Å². The maximum absolute atomic E-state index is 13.4. The molecule has 2 aliphatic rings. The number of hydrogen-bond acceptors (Lipinski definition) is 5. The molecule has 2 atom stereocenters. The molecule has 30 heavy (non-hydrogen) atoms. The van der Waals surface area contributed by atoms with Crippen molar-refractivity contribution in [2.24, 2.45) is 0 Å². The fraction of sp³-hybridized carbons (Fsp3) is 0.381. The molecule has 9 heteroatoms. The van der Waals surface area contributed by atoms with E-state index in [0.29, 0.717) is 6.42 Å². The average molecular weight is 449 g/mol. The lowest BCUT2D eigenvalue weighted by Gasteiger charge is -2.35. The molecule has 4 rings (SSSR count). The van der Waals surface area contributed by atoms with Gasteiger partial charge in [0, 0.05) is 12.6 Å². The van der Waals surface area contributed by atoms with E-state index >= 15 is 0 Å². The summed E-state index contributed by atoms with van der Waals surface area (Å²) in [7, 11) is -7.07. The van der Waals surface area contributed by atoms with E-state index in [0.717, 1.165) is 16.7 Å². The molecule has 0 aromatic heterocycles. The highest BCUT2D eigenvalue weighted by Crippen LogP contribution is 2.29. The van der Waals surface area contributed by atoms with Gasteiger partial charge in [-0.1, -0.05) is 42.0 Å². The van der Waals surface area contributed by atoms with Gasteiger partial charge in [-0.15, -0.1) is 0 Å². The third-order valence-corrected chi connectivity index (χ3v) is 9.35. The molecule has 2 aromatic rings. The molecule has 7 nitrogen and oxygen atoms in total. The van der Waals surface area contributed by atoms with Gasteiger partial charge in [0.15, 0.2) is 9.84 Å². The van der Waals surface area contributed by atoms with Crippen LogP contribution in [0.1, 0.15) is 23.1 Å². The third-order valence-electron chi connectivity index (χ3n) is 5.71. The Morgan fingerprint density at radius 1 is 1.07 bits per heavy atom. The van der Waals surface area contributed by atoms with E-state index in [2.05, 4.69) is 5.32 Å². The average Bonchev–Trinajstić information content (AvgIpc) is 3.05. The molecular weight excluding hydrogens is 424 g/mol. The number of sulfone groups is 1. The Hall–Kier alpha value is -2.23. The van der Waals surface area contributed by atoms with Crippen LogP contribution in [0.3, 0.4) is 0 Å². The minimum Gasteiger partial charge on any atom is -0.351 e. The van der Waals surface area contributed by atoms with Crippen molar-refractivity contribution in [3.05, 3.63) is 65.2 Å². The molecule has 1 fully saturated rings. The van der Waals surface area contributed by atoms with Crippen molar-refractivity contribution >= 4 is 25.8 Å². The van der Waals surface area contributed by atoms with Gasteiger partial charge in [-0.25, -0.2) is 16.8 Å². The summed E-state index contributed by atoms with van der Waals surface area (Å²) < 4.78 is 51.5. The summed E-state index contributed by atoms with van der Waals surface area (Å²) in [6.07, 6.45) is 0.592. The predicted molar refractivity (Wildman–Crippen MR) is 113 cm³/mol. The molecule has 1 N–H and O–H groups in total. The number of carbonyl (C=O) groups excluding carboxylic acids is 1. The van der Waals surface area contributed by atoms with Gasteiger partial charge in [-0.2, -0.15) is 4.31 Å². The first-order valence-electron chi connectivity index (χ1n) is 9.82. The molecule has 0 radical (unpaired) electrons. The highest BCUT2D eigenvalue weighted by Gasteiger charge is 2.41. The van der Waals surface area contributed by atoms with E-state index in [1.54, 1.807) is 24.3 Å². The largest absolute Gasteiger partial charge is 0.351 e. The Kier molecular flexibility index (Phi) is 5.46. The van der Waals surface area contributed by atoms with Gasteiger partial charge < -0.3 is 5.32 Å². The molecule has 1 saturated heterocycles. The van der Waals surface area contributed by atoms with Gasteiger partial charge in [0.25, 0.3) is 0 Å². The molecule has 0 unspecified atom stereocenters. The standard InChI is InChI=1S/C21H24N2O5S2/c1-15-6-8-19(9-7-15)30(27,28)23-13-17-5-3-2-4-16(17)12-20(23)21(24)22-18-10-11-29(25,26)14-18/h2-9,18,20H,10-14H2,1H3,(H,22,24)/t18-,20-/m1/s1. The number of nitrogens with one attached hydrogen (secondary N) is 1. The molecular formula is C21H24N2O5S2. The van der Waals surface area contributed by atoms with Gasteiger partial charge >= 0.3 is 0 Å². The predicted octanol–water partition coefficient (Wildman–Crippen LogP) is 1.41. The van der Waals surface area contributed by atoms with Crippen molar-refractivity contribution < 1.29 is 21.6 Å². The van der Waals surface area contributed by atoms with E-state index in [-0.39, 0.29) is 29.4 Å². The van der Waals surface area contributed by atoms with Gasteiger partial charge in [0.2, 0.25) is 15.9 Å². The van der Waals surface area contributed by atoms with Gasteiger partial charge in [0.05, 0.1) is 16.4 Å². The van der Waals surface area contributed by atoms with Crippen LogP contribution in [0.15, 0.2) is 53.4 Å². The van der Waals surface area contributed by atoms with Crippen LogP contribution in [0, 0.1) is 6.92 Å². The highest BCUT2D eigenvalue weighted by atomic mass is 32.2. The fourth-order valence-corrected chi connectivity index (χ4v) is 7.27. The minimum atomic E-state index is -3.92. The number of aryl methyl sites for hydroxylation is 1. The van der Waals surface area contributed by atoms with Crippen LogP contribution < -0.4 is 5.32 Å². The second kappa shape index (κ2) is 7.79. The minimum absolute atomic E-state index is 0.0385. The maximum atomic E-state index is 13.4. The topological polar surface area (TPSA) is 101 Å². The second-order valence-electron chi connectivity index (χ2n) is 7.96. The fourth-order valence-electron chi connectivity index (χ4n) is 4.03. The third kappa shape index (κ3) is 4.14.